The molecule has 0 fully saturated rings. The van der Waals surface area contributed by atoms with Crippen LogP contribution >= 0.6 is 0 Å². The fourth-order valence-electron chi connectivity index (χ4n) is 1.83. The molecule has 2 rings (SSSR count). The van der Waals surface area contributed by atoms with E-state index in [9.17, 15) is 0 Å². The molecule has 0 aliphatic carbocycles. The van der Waals surface area contributed by atoms with Crippen molar-refractivity contribution in [1.82, 2.24) is 0 Å². The highest BCUT2D eigenvalue weighted by molar-refractivity contribution is 5.52. The van der Waals surface area contributed by atoms with Crippen molar-refractivity contribution in [2.24, 2.45) is 0 Å². The average Bonchev–Trinajstić information content (AvgIpc) is 2.33. The molecule has 0 aromatic heterocycles. The number of benzene rings is 1. The van der Waals surface area contributed by atoms with Crippen LogP contribution in [0.2, 0.25) is 0 Å². The lowest BCUT2D eigenvalue weighted by molar-refractivity contribution is 0.151. The molecule has 0 spiro atoms. The van der Waals surface area contributed by atoms with Gasteiger partial charge in [-0.05, 0) is 6.42 Å². The first kappa shape index (κ1) is 11.2. The Morgan fingerprint density at radius 1 is 1.19 bits per heavy atom. The zero-order chi connectivity index (χ0) is 11.4. The Morgan fingerprint density at radius 3 is 2.44 bits per heavy atom. The van der Waals surface area contributed by atoms with Gasteiger partial charge < -0.3 is 19.3 Å². The number of aliphatic hydroxyl groups is 1. The van der Waals surface area contributed by atoms with Crippen molar-refractivity contribution < 1.29 is 19.3 Å². The lowest BCUT2D eigenvalue weighted by Gasteiger charge is -2.23. The summed E-state index contributed by atoms with van der Waals surface area (Å²) >= 11 is 0. The summed E-state index contributed by atoms with van der Waals surface area (Å²) in [6.07, 6.45) is 0.582. The first-order chi connectivity index (χ1) is 7.86. The van der Waals surface area contributed by atoms with Crippen LogP contribution in [0.1, 0.15) is 11.1 Å². The zero-order valence-electron chi connectivity index (χ0n) is 9.36. The molecule has 0 saturated carbocycles. The number of hydrogen-bond acceptors (Lipinski definition) is 4. The molecule has 1 N–H and O–H groups in total. The normalized spacial score (nSPS) is 13.9. The van der Waals surface area contributed by atoms with Gasteiger partial charge in [0.15, 0.2) is 11.5 Å². The van der Waals surface area contributed by atoms with Gasteiger partial charge >= 0.3 is 0 Å². The third kappa shape index (κ3) is 2.13. The van der Waals surface area contributed by atoms with Gasteiger partial charge in [-0.15, -0.1) is 0 Å². The van der Waals surface area contributed by atoms with Crippen LogP contribution in [0, 0.1) is 0 Å². The third-order valence-electron chi connectivity index (χ3n) is 2.53. The quantitative estimate of drug-likeness (QED) is 0.833. The van der Waals surface area contributed by atoms with E-state index in [1.165, 1.54) is 0 Å². The topological polar surface area (TPSA) is 47.9 Å². The van der Waals surface area contributed by atoms with E-state index in [2.05, 4.69) is 0 Å². The molecule has 88 valence electrons. The van der Waals surface area contributed by atoms with Crippen molar-refractivity contribution >= 4 is 0 Å². The van der Waals surface area contributed by atoms with Gasteiger partial charge in [-0.25, -0.2) is 0 Å². The molecule has 1 aliphatic rings. The van der Waals surface area contributed by atoms with E-state index in [0.29, 0.717) is 26.2 Å². The SMILES string of the molecule is COCc1ccc(CCO)c2c1OCCO2. The number of aliphatic hydroxyl groups excluding tert-OH is 1. The molecular formula is C12H16O4. The largest absolute Gasteiger partial charge is 0.486 e. The van der Waals surface area contributed by atoms with E-state index < -0.39 is 0 Å². The number of hydrogen-bond donors (Lipinski definition) is 1. The first-order valence-corrected chi connectivity index (χ1v) is 5.37. The van der Waals surface area contributed by atoms with Crippen LogP contribution in [0.3, 0.4) is 0 Å². The van der Waals surface area contributed by atoms with Crippen molar-refractivity contribution in [1.29, 1.82) is 0 Å². The van der Waals surface area contributed by atoms with Crippen molar-refractivity contribution in [3.8, 4) is 11.5 Å². The zero-order valence-corrected chi connectivity index (χ0v) is 9.36. The molecule has 0 atom stereocenters. The number of ether oxygens (including phenoxy) is 3. The summed E-state index contributed by atoms with van der Waals surface area (Å²) in [5.74, 6) is 1.52. The van der Waals surface area contributed by atoms with E-state index in [-0.39, 0.29) is 6.61 Å². The lowest BCUT2D eigenvalue weighted by Crippen LogP contribution is -2.18. The van der Waals surface area contributed by atoms with Crippen molar-refractivity contribution in [3.05, 3.63) is 23.3 Å². The molecule has 0 saturated heterocycles. The highest BCUT2D eigenvalue weighted by Gasteiger charge is 2.19. The number of rotatable bonds is 4. The molecule has 4 heteroatoms. The monoisotopic (exact) mass is 224 g/mol. The molecule has 1 aromatic rings. The molecule has 0 radical (unpaired) electrons. The summed E-state index contributed by atoms with van der Waals surface area (Å²) in [6, 6.07) is 3.92. The number of methoxy groups -OCH3 is 1. The van der Waals surface area contributed by atoms with E-state index >= 15 is 0 Å². The van der Waals surface area contributed by atoms with Gasteiger partial charge in [-0.2, -0.15) is 0 Å². The first-order valence-electron chi connectivity index (χ1n) is 5.37. The maximum atomic E-state index is 8.97. The van der Waals surface area contributed by atoms with Gasteiger partial charge in [-0.3, -0.25) is 0 Å². The predicted octanol–water partition coefficient (Wildman–Crippen LogP) is 1.14. The van der Waals surface area contributed by atoms with Crippen LogP contribution in [-0.4, -0.2) is 32.0 Å². The van der Waals surface area contributed by atoms with Crippen LogP contribution < -0.4 is 9.47 Å². The molecule has 16 heavy (non-hydrogen) atoms. The Kier molecular flexibility index (Phi) is 3.64. The van der Waals surface area contributed by atoms with Crippen molar-refractivity contribution in [2.45, 2.75) is 13.0 Å². The highest BCUT2D eigenvalue weighted by Crippen LogP contribution is 2.37. The minimum Gasteiger partial charge on any atom is -0.486 e. The Morgan fingerprint density at radius 2 is 1.81 bits per heavy atom. The second kappa shape index (κ2) is 5.18. The molecular weight excluding hydrogens is 208 g/mol. The molecule has 1 aliphatic heterocycles. The number of fused-ring (bicyclic) bond motifs is 1. The third-order valence-corrected chi connectivity index (χ3v) is 2.53. The van der Waals surface area contributed by atoms with Gasteiger partial charge in [-0.1, -0.05) is 12.1 Å². The van der Waals surface area contributed by atoms with Crippen LogP contribution in [0.25, 0.3) is 0 Å². The Labute approximate surface area is 94.8 Å². The Bertz CT molecular complexity index is 327. The van der Waals surface area contributed by atoms with E-state index in [1.54, 1.807) is 7.11 Å². The minimum absolute atomic E-state index is 0.111. The summed E-state index contributed by atoms with van der Waals surface area (Å²) in [6.45, 7) is 1.73. The van der Waals surface area contributed by atoms with E-state index in [1.807, 2.05) is 12.1 Å². The Hall–Kier alpha value is -1.26. The maximum Gasteiger partial charge on any atom is 0.167 e. The molecule has 1 heterocycles. The smallest absolute Gasteiger partial charge is 0.167 e. The predicted molar refractivity (Wildman–Crippen MR) is 58.9 cm³/mol. The van der Waals surface area contributed by atoms with Gasteiger partial charge in [0.05, 0.1) is 6.61 Å². The maximum absolute atomic E-state index is 8.97. The molecule has 0 bridgehead atoms. The van der Waals surface area contributed by atoms with Crippen LogP contribution in [0.15, 0.2) is 12.1 Å². The van der Waals surface area contributed by atoms with Gasteiger partial charge in [0, 0.05) is 24.8 Å². The molecule has 4 nitrogen and oxygen atoms in total. The fraction of sp³-hybridized carbons (Fsp3) is 0.500. The van der Waals surface area contributed by atoms with E-state index in [4.69, 9.17) is 19.3 Å². The van der Waals surface area contributed by atoms with Gasteiger partial charge in [0.2, 0.25) is 0 Å². The summed E-state index contributed by atoms with van der Waals surface area (Å²) < 4.78 is 16.3. The molecule has 0 amide bonds. The summed E-state index contributed by atoms with van der Waals surface area (Å²) in [4.78, 5) is 0. The second-order valence-corrected chi connectivity index (χ2v) is 3.65. The van der Waals surface area contributed by atoms with Crippen LogP contribution in [-0.2, 0) is 17.8 Å². The van der Waals surface area contributed by atoms with Crippen molar-refractivity contribution in [2.75, 3.05) is 26.9 Å². The van der Waals surface area contributed by atoms with Crippen LogP contribution in [0.5, 0.6) is 11.5 Å². The summed E-state index contributed by atoms with van der Waals surface area (Å²) in [5, 5.41) is 8.97. The highest BCUT2D eigenvalue weighted by atomic mass is 16.6. The summed E-state index contributed by atoms with van der Waals surface area (Å²) in [5.41, 5.74) is 1.97. The van der Waals surface area contributed by atoms with Gasteiger partial charge in [0.1, 0.15) is 13.2 Å². The summed E-state index contributed by atoms with van der Waals surface area (Å²) in [7, 11) is 1.65. The van der Waals surface area contributed by atoms with E-state index in [0.717, 1.165) is 22.6 Å². The Balaban J connectivity index is 2.37. The van der Waals surface area contributed by atoms with Crippen LogP contribution in [0.4, 0.5) is 0 Å². The molecule has 1 aromatic carbocycles. The lowest BCUT2D eigenvalue weighted by atomic mass is 10.1. The average molecular weight is 224 g/mol. The fourth-order valence-corrected chi connectivity index (χ4v) is 1.83. The van der Waals surface area contributed by atoms with Gasteiger partial charge in [0.25, 0.3) is 0 Å². The second-order valence-electron chi connectivity index (χ2n) is 3.65. The van der Waals surface area contributed by atoms with Crippen molar-refractivity contribution in [3.63, 3.8) is 0 Å². The minimum atomic E-state index is 0.111. The molecule has 0 unspecified atom stereocenters. The standard InChI is InChI=1S/C12H16O4/c1-14-8-10-3-2-9(4-5-13)11-12(10)16-7-6-15-11/h2-3,13H,4-8H2,1H3.